The molecule has 2 aliphatic heterocycles. The molecule has 3 rings (SSSR count). The second-order valence-corrected chi connectivity index (χ2v) is 6.37. The van der Waals surface area contributed by atoms with Crippen molar-refractivity contribution in [1.29, 1.82) is 0 Å². The lowest BCUT2D eigenvalue weighted by Gasteiger charge is -2.26. The summed E-state index contributed by atoms with van der Waals surface area (Å²) in [5.74, 6) is 0.0628. The fourth-order valence-electron chi connectivity index (χ4n) is 3.42. The van der Waals surface area contributed by atoms with Crippen molar-refractivity contribution in [3.05, 3.63) is 29.8 Å². The second kappa shape index (κ2) is 9.47. The van der Waals surface area contributed by atoms with E-state index in [9.17, 15) is 9.90 Å². The Morgan fingerprint density at radius 3 is 2.58 bits per heavy atom. The van der Waals surface area contributed by atoms with Crippen molar-refractivity contribution in [1.82, 2.24) is 10.2 Å². The first-order chi connectivity index (χ1) is 10.6. The monoisotopic (exact) mass is 375 g/mol. The number of benzene rings is 1. The summed E-state index contributed by atoms with van der Waals surface area (Å²) in [5.41, 5.74) is 2.44. The predicted molar refractivity (Wildman–Crippen MR) is 101 cm³/mol. The Hall–Kier alpha value is -1.01. The Balaban J connectivity index is 0.00000144. The maximum Gasteiger partial charge on any atom is 0.239 e. The van der Waals surface area contributed by atoms with Crippen LogP contribution < -0.4 is 10.2 Å². The summed E-state index contributed by atoms with van der Waals surface area (Å²) in [6.45, 7) is 3.32. The molecule has 1 aromatic carbocycles. The average Bonchev–Trinajstić information content (AvgIpc) is 3.18. The molecule has 0 aliphatic carbocycles. The van der Waals surface area contributed by atoms with E-state index in [-0.39, 0.29) is 36.8 Å². The third-order valence-electron chi connectivity index (χ3n) is 4.63. The molecule has 0 saturated carbocycles. The molecule has 2 unspecified atom stereocenters. The average molecular weight is 376 g/mol. The number of β-amino-alcohol motifs (C(OH)–C–C–N with tert-alkyl or cyclic N) is 1. The Morgan fingerprint density at radius 2 is 1.96 bits per heavy atom. The quantitative estimate of drug-likeness (QED) is 0.842. The van der Waals surface area contributed by atoms with Crippen LogP contribution in [0, 0.1) is 0 Å². The van der Waals surface area contributed by atoms with Gasteiger partial charge in [0.1, 0.15) is 0 Å². The number of aliphatic hydroxyl groups excluding tert-OH is 1. The molecule has 7 heteroatoms. The van der Waals surface area contributed by atoms with Crippen LogP contribution in [0.4, 0.5) is 5.69 Å². The van der Waals surface area contributed by atoms with Gasteiger partial charge < -0.3 is 20.2 Å². The van der Waals surface area contributed by atoms with Crippen molar-refractivity contribution in [3.63, 3.8) is 0 Å². The molecule has 0 radical (unpaired) electrons. The van der Waals surface area contributed by atoms with Gasteiger partial charge in [-0.25, -0.2) is 0 Å². The van der Waals surface area contributed by atoms with Crippen molar-refractivity contribution in [2.24, 2.45) is 0 Å². The van der Waals surface area contributed by atoms with Gasteiger partial charge in [0.15, 0.2) is 0 Å². The van der Waals surface area contributed by atoms with Gasteiger partial charge in [-0.05, 0) is 30.9 Å². The molecule has 0 spiro atoms. The summed E-state index contributed by atoms with van der Waals surface area (Å²) in [5, 5.41) is 12.7. The van der Waals surface area contributed by atoms with Crippen LogP contribution in [0.15, 0.2) is 24.3 Å². The molecule has 2 aliphatic rings. The first-order valence-electron chi connectivity index (χ1n) is 8.14. The molecule has 2 atom stereocenters. The van der Waals surface area contributed by atoms with E-state index in [2.05, 4.69) is 28.4 Å². The third kappa shape index (κ3) is 4.76. The Labute approximate surface area is 156 Å². The molecule has 0 aromatic heterocycles. The lowest BCUT2D eigenvalue weighted by Crippen LogP contribution is -2.41. The van der Waals surface area contributed by atoms with Gasteiger partial charge in [0.05, 0.1) is 12.1 Å². The molecule has 0 bridgehead atoms. The van der Waals surface area contributed by atoms with Gasteiger partial charge in [-0.15, -0.1) is 24.8 Å². The van der Waals surface area contributed by atoms with E-state index >= 15 is 0 Å². The lowest BCUT2D eigenvalue weighted by atomic mass is 10.1. The summed E-state index contributed by atoms with van der Waals surface area (Å²) in [4.78, 5) is 16.6. The van der Waals surface area contributed by atoms with Crippen LogP contribution in [0.5, 0.6) is 0 Å². The number of hydrogen-bond acceptors (Lipinski definition) is 4. The number of carbonyl (C=O) groups excluding carboxylic acids is 1. The van der Waals surface area contributed by atoms with E-state index in [4.69, 9.17) is 0 Å². The standard InChI is InChI=1S/C17H25N3O2.2ClH/c1-19(17(22)15-10-14(21)11-18-15)12-13-6-2-3-7-16(13)20-8-4-5-9-20;;/h2-3,6-7,14-15,18,21H,4-5,8-12H2,1H3;2*1H. The van der Waals surface area contributed by atoms with Gasteiger partial charge in [-0.3, -0.25) is 4.79 Å². The Kier molecular flexibility index (Phi) is 8.30. The van der Waals surface area contributed by atoms with Gasteiger partial charge in [0.2, 0.25) is 5.91 Å². The number of rotatable bonds is 4. The molecule has 136 valence electrons. The molecular weight excluding hydrogens is 349 g/mol. The summed E-state index contributed by atoms with van der Waals surface area (Å²) in [7, 11) is 1.84. The topological polar surface area (TPSA) is 55.8 Å². The van der Waals surface area contributed by atoms with Crippen molar-refractivity contribution < 1.29 is 9.90 Å². The first kappa shape index (κ1) is 21.0. The predicted octanol–water partition coefficient (Wildman–Crippen LogP) is 1.81. The molecule has 2 heterocycles. The Morgan fingerprint density at radius 1 is 1.29 bits per heavy atom. The minimum absolute atomic E-state index is 0. The largest absolute Gasteiger partial charge is 0.392 e. The Bertz CT molecular complexity index is 538. The highest BCUT2D eigenvalue weighted by Crippen LogP contribution is 2.25. The maximum atomic E-state index is 12.5. The number of halogens is 2. The van der Waals surface area contributed by atoms with Crippen LogP contribution in [0.25, 0.3) is 0 Å². The summed E-state index contributed by atoms with van der Waals surface area (Å²) < 4.78 is 0. The molecule has 1 amide bonds. The highest BCUT2D eigenvalue weighted by Gasteiger charge is 2.30. The van der Waals surface area contributed by atoms with Gasteiger partial charge in [0.25, 0.3) is 0 Å². The van der Waals surface area contributed by atoms with Crippen LogP contribution in [0.2, 0.25) is 0 Å². The molecule has 2 saturated heterocycles. The van der Waals surface area contributed by atoms with E-state index in [0.717, 1.165) is 13.1 Å². The van der Waals surface area contributed by atoms with Crippen molar-refractivity contribution in [2.75, 3.05) is 31.6 Å². The van der Waals surface area contributed by atoms with Crippen molar-refractivity contribution >= 4 is 36.4 Å². The zero-order chi connectivity index (χ0) is 15.5. The van der Waals surface area contributed by atoms with Crippen molar-refractivity contribution in [3.8, 4) is 0 Å². The zero-order valence-electron chi connectivity index (χ0n) is 14.0. The second-order valence-electron chi connectivity index (χ2n) is 6.37. The molecule has 2 N–H and O–H groups in total. The number of hydrogen-bond donors (Lipinski definition) is 2. The van der Waals surface area contributed by atoms with Gasteiger partial charge in [-0.1, -0.05) is 18.2 Å². The number of nitrogens with one attached hydrogen (secondary N) is 1. The first-order valence-corrected chi connectivity index (χ1v) is 8.14. The van der Waals surface area contributed by atoms with Crippen LogP contribution in [0.1, 0.15) is 24.8 Å². The number of carbonyl (C=O) groups is 1. The third-order valence-corrected chi connectivity index (χ3v) is 4.63. The van der Waals surface area contributed by atoms with E-state index in [0.29, 0.717) is 19.5 Å². The summed E-state index contributed by atoms with van der Waals surface area (Å²) >= 11 is 0. The molecule has 5 nitrogen and oxygen atoms in total. The smallest absolute Gasteiger partial charge is 0.239 e. The number of nitrogens with zero attached hydrogens (tertiary/aromatic N) is 2. The van der Waals surface area contributed by atoms with Crippen molar-refractivity contribution in [2.45, 2.75) is 38.0 Å². The highest BCUT2D eigenvalue weighted by atomic mass is 35.5. The highest BCUT2D eigenvalue weighted by molar-refractivity contribution is 5.85. The number of para-hydroxylation sites is 1. The van der Waals surface area contributed by atoms with Gasteiger partial charge in [0, 0.05) is 38.9 Å². The zero-order valence-corrected chi connectivity index (χ0v) is 15.6. The van der Waals surface area contributed by atoms with Crippen LogP contribution in [-0.4, -0.2) is 54.7 Å². The SMILES string of the molecule is CN(Cc1ccccc1N1CCCC1)C(=O)C1CC(O)CN1.Cl.Cl. The molecule has 24 heavy (non-hydrogen) atoms. The maximum absolute atomic E-state index is 12.5. The number of aliphatic hydroxyl groups is 1. The van der Waals surface area contributed by atoms with Crippen LogP contribution >= 0.6 is 24.8 Å². The normalized spacial score (nSPS) is 22.7. The van der Waals surface area contributed by atoms with Crippen LogP contribution in [-0.2, 0) is 11.3 Å². The summed E-state index contributed by atoms with van der Waals surface area (Å²) in [6.07, 6.45) is 2.59. The van der Waals surface area contributed by atoms with Gasteiger partial charge >= 0.3 is 0 Å². The lowest BCUT2D eigenvalue weighted by molar-refractivity contribution is -0.132. The van der Waals surface area contributed by atoms with E-state index < -0.39 is 6.10 Å². The number of amides is 1. The number of likely N-dealkylation sites (N-methyl/N-ethyl adjacent to an activating group) is 1. The van der Waals surface area contributed by atoms with E-state index in [1.165, 1.54) is 24.1 Å². The molecule has 1 aromatic rings. The fraction of sp³-hybridized carbons (Fsp3) is 0.588. The number of anilines is 1. The van der Waals surface area contributed by atoms with Gasteiger partial charge in [-0.2, -0.15) is 0 Å². The minimum Gasteiger partial charge on any atom is -0.392 e. The molecule has 2 fully saturated rings. The molecular formula is C17H27Cl2N3O2. The van der Waals surface area contributed by atoms with Crippen LogP contribution in [0.3, 0.4) is 0 Å². The van der Waals surface area contributed by atoms with E-state index in [1.54, 1.807) is 4.90 Å². The summed E-state index contributed by atoms with van der Waals surface area (Å²) in [6, 6.07) is 8.10. The fourth-order valence-corrected chi connectivity index (χ4v) is 3.42. The minimum atomic E-state index is -0.403. The van der Waals surface area contributed by atoms with E-state index in [1.807, 2.05) is 13.1 Å².